The number of nitrogens with zero attached hydrogens (tertiary/aromatic N) is 3. The smallest absolute Gasteiger partial charge is 0.303 e. The minimum absolute atomic E-state index is 0.0245. The number of carboxylic acids is 1. The number of hydrogen-bond acceptors (Lipinski definition) is 10. The van der Waals surface area contributed by atoms with E-state index in [9.17, 15) is 43.8 Å². The predicted molar refractivity (Wildman–Crippen MR) is 217 cm³/mol. The summed E-state index contributed by atoms with van der Waals surface area (Å²) in [6.07, 6.45) is -0.807. The Morgan fingerprint density at radius 3 is 2.10 bits per heavy atom. The van der Waals surface area contributed by atoms with Crippen LogP contribution in [0.15, 0.2) is 66.7 Å². The highest BCUT2D eigenvalue weighted by molar-refractivity contribution is 6.23. The van der Waals surface area contributed by atoms with Crippen LogP contribution in [0.2, 0.25) is 0 Å². The van der Waals surface area contributed by atoms with E-state index in [2.05, 4.69) is 10.6 Å². The average Bonchev–Trinajstić information content (AvgIpc) is 3.41. The highest BCUT2D eigenvalue weighted by Gasteiger charge is 2.41. The van der Waals surface area contributed by atoms with Crippen molar-refractivity contribution in [1.29, 1.82) is 0 Å². The van der Waals surface area contributed by atoms with Crippen molar-refractivity contribution in [3.63, 3.8) is 0 Å². The number of rotatable bonds is 14. The van der Waals surface area contributed by atoms with Gasteiger partial charge in [-0.15, -0.1) is 0 Å². The average molecular weight is 806 g/mol. The second-order valence-electron chi connectivity index (χ2n) is 15.3. The number of nitrogens with one attached hydrogen (secondary N) is 2. The van der Waals surface area contributed by atoms with Crippen LogP contribution in [-0.4, -0.2) is 106 Å². The van der Waals surface area contributed by atoms with Crippen LogP contribution < -0.4 is 27.0 Å². The number of carbonyl (C=O) groups is 7. The van der Waals surface area contributed by atoms with Crippen molar-refractivity contribution in [2.75, 3.05) is 25.5 Å². The zero-order chi connectivity index (χ0) is 42.9. The van der Waals surface area contributed by atoms with Crippen LogP contribution in [0.3, 0.4) is 0 Å². The zero-order valence-electron chi connectivity index (χ0n) is 33.2. The molecular weight excluding hydrogens is 759 g/mol. The fourth-order valence-electron chi connectivity index (χ4n) is 7.73. The summed E-state index contributed by atoms with van der Waals surface area (Å²) < 4.78 is 0. The molecule has 0 spiro atoms. The van der Waals surface area contributed by atoms with Crippen molar-refractivity contribution in [2.24, 2.45) is 11.5 Å². The molecule has 8 N–H and O–H groups in total. The van der Waals surface area contributed by atoms with Crippen LogP contribution in [0.1, 0.15) is 61.4 Å². The summed E-state index contributed by atoms with van der Waals surface area (Å²) in [4.78, 5) is 97.7. The lowest BCUT2D eigenvalue weighted by Crippen LogP contribution is -2.61. The summed E-state index contributed by atoms with van der Waals surface area (Å²) in [5, 5.41) is 26.0. The number of aryl methyl sites for hydroxylation is 2. The Labute approximate surface area is 340 Å². The number of fused-ring (bicyclic) bond motifs is 3. The van der Waals surface area contributed by atoms with Gasteiger partial charge in [-0.1, -0.05) is 30.3 Å². The monoisotopic (exact) mass is 805 g/mol. The molecule has 2 aliphatic rings. The lowest BCUT2D eigenvalue weighted by atomic mass is 9.91. The van der Waals surface area contributed by atoms with E-state index >= 15 is 0 Å². The standard InChI is InChI=1S/C43H47N7O9/c1-22-13-29(51)14-23(2)30(22)19-33(44)43(59)49-20-26-8-6-5-7-24(26)18-36(49)40(56)46-34(11-12-37(52)53)39(55)47-35(38(45)54)21-50-41(57)31-16-25-9-10-28(48(3)4)15-27(25)17-32(31)42(50)58/h5-10,13-17,33-36,51H,11-12,18-21,44H2,1-4H3,(H2,45,54)(H,46,56)(H,47,55)(H,52,53)/t33-,34-,35-,36-/m0/s1. The molecule has 0 radical (unpaired) electrons. The number of phenolic OH excluding ortho intramolecular Hbond substituents is 1. The summed E-state index contributed by atoms with van der Waals surface area (Å²) in [6.45, 7) is 2.97. The van der Waals surface area contributed by atoms with Crippen LogP contribution in [0.5, 0.6) is 5.75 Å². The van der Waals surface area contributed by atoms with Gasteiger partial charge in [-0.25, -0.2) is 0 Å². The quantitative estimate of drug-likeness (QED) is 0.100. The van der Waals surface area contributed by atoms with Gasteiger partial charge < -0.3 is 42.1 Å². The van der Waals surface area contributed by atoms with E-state index in [4.69, 9.17) is 11.5 Å². The molecule has 308 valence electrons. The number of aromatic hydroxyl groups is 1. The molecule has 0 unspecified atom stereocenters. The summed E-state index contributed by atoms with van der Waals surface area (Å²) in [5.74, 6) is -5.99. The second-order valence-corrected chi connectivity index (χ2v) is 15.3. The molecule has 4 aromatic carbocycles. The fourth-order valence-corrected chi connectivity index (χ4v) is 7.73. The van der Waals surface area contributed by atoms with Crippen molar-refractivity contribution < 1.29 is 43.8 Å². The molecule has 0 bridgehead atoms. The number of carboxylic acid groups (broad SMARTS) is 1. The fraction of sp³-hybridized carbons (Fsp3) is 0.326. The third-order valence-corrected chi connectivity index (χ3v) is 11.0. The molecule has 0 saturated carbocycles. The van der Waals surface area contributed by atoms with E-state index in [0.29, 0.717) is 10.8 Å². The van der Waals surface area contributed by atoms with Gasteiger partial charge in [-0.2, -0.15) is 0 Å². The molecule has 0 fully saturated rings. The van der Waals surface area contributed by atoms with E-state index in [1.165, 1.54) is 4.90 Å². The number of imide groups is 1. The topological polar surface area (TPSA) is 246 Å². The molecule has 6 amide bonds. The maximum absolute atomic E-state index is 14.2. The van der Waals surface area contributed by atoms with Crippen LogP contribution in [-0.2, 0) is 43.4 Å². The molecule has 4 aromatic rings. The highest BCUT2D eigenvalue weighted by atomic mass is 16.4. The van der Waals surface area contributed by atoms with Crippen molar-refractivity contribution >= 4 is 57.9 Å². The third kappa shape index (κ3) is 8.87. The van der Waals surface area contributed by atoms with Gasteiger partial charge in [-0.05, 0) is 102 Å². The molecule has 2 aliphatic heterocycles. The number of amides is 6. The SMILES string of the molecule is Cc1cc(O)cc(C)c1C[C@H](N)C(=O)N1Cc2ccccc2C[C@H]1C(=O)N[C@@H](CCC(=O)O)C(=O)N[C@@H](CN1C(=O)c2cc3ccc(N(C)C)cc3cc2C1=O)C(N)=O. The van der Waals surface area contributed by atoms with Crippen LogP contribution in [0, 0.1) is 13.8 Å². The van der Waals surface area contributed by atoms with Gasteiger partial charge in [-0.3, -0.25) is 38.5 Å². The van der Waals surface area contributed by atoms with E-state index < -0.39 is 85.0 Å². The van der Waals surface area contributed by atoms with Gasteiger partial charge >= 0.3 is 5.97 Å². The molecule has 59 heavy (non-hydrogen) atoms. The lowest BCUT2D eigenvalue weighted by molar-refractivity contribution is -0.144. The maximum Gasteiger partial charge on any atom is 0.303 e. The molecule has 0 saturated heterocycles. The van der Waals surface area contributed by atoms with Crippen molar-refractivity contribution in [1.82, 2.24) is 20.4 Å². The zero-order valence-corrected chi connectivity index (χ0v) is 33.2. The number of aliphatic carboxylic acids is 1. The lowest BCUT2D eigenvalue weighted by Gasteiger charge is -2.38. The number of nitrogens with two attached hydrogens (primary N) is 2. The van der Waals surface area contributed by atoms with Crippen LogP contribution in [0.25, 0.3) is 10.8 Å². The maximum atomic E-state index is 14.2. The first-order valence-corrected chi connectivity index (χ1v) is 19.1. The second kappa shape index (κ2) is 17.0. The van der Waals surface area contributed by atoms with Gasteiger partial charge in [0.2, 0.25) is 23.6 Å². The predicted octanol–water partition coefficient (Wildman–Crippen LogP) is 1.67. The molecule has 0 aromatic heterocycles. The van der Waals surface area contributed by atoms with E-state index in [-0.39, 0.29) is 36.3 Å². The Morgan fingerprint density at radius 1 is 0.864 bits per heavy atom. The van der Waals surface area contributed by atoms with E-state index in [1.54, 1.807) is 50.2 Å². The minimum atomic E-state index is -1.62. The van der Waals surface area contributed by atoms with Gasteiger partial charge in [0.15, 0.2) is 0 Å². The normalized spacial score (nSPS) is 16.2. The van der Waals surface area contributed by atoms with Gasteiger partial charge in [0, 0.05) is 39.2 Å². The van der Waals surface area contributed by atoms with Gasteiger partial charge in [0.05, 0.1) is 23.7 Å². The summed E-state index contributed by atoms with van der Waals surface area (Å²) >= 11 is 0. The molecule has 6 rings (SSSR count). The van der Waals surface area contributed by atoms with Crippen LogP contribution >= 0.6 is 0 Å². The number of hydrogen-bond donors (Lipinski definition) is 6. The summed E-state index contributed by atoms with van der Waals surface area (Å²) in [7, 11) is 3.73. The van der Waals surface area contributed by atoms with Gasteiger partial charge in [0.25, 0.3) is 11.8 Å². The van der Waals surface area contributed by atoms with Gasteiger partial charge in [0.1, 0.15) is 23.9 Å². The number of phenols is 1. The summed E-state index contributed by atoms with van der Waals surface area (Å²) in [6, 6.07) is 13.7. The Balaban J connectivity index is 1.21. The molecule has 2 heterocycles. The minimum Gasteiger partial charge on any atom is -0.508 e. The third-order valence-electron chi connectivity index (χ3n) is 11.0. The molecule has 16 nitrogen and oxygen atoms in total. The molecule has 16 heteroatoms. The molecule has 4 atom stereocenters. The number of carbonyl (C=O) groups excluding carboxylic acids is 6. The van der Waals surface area contributed by atoms with Crippen LogP contribution in [0.4, 0.5) is 5.69 Å². The Hall–Kier alpha value is -6.81. The van der Waals surface area contributed by atoms with Crippen molar-refractivity contribution in [3.8, 4) is 5.75 Å². The number of anilines is 1. The number of primary amides is 1. The Morgan fingerprint density at radius 2 is 1.49 bits per heavy atom. The first-order chi connectivity index (χ1) is 27.9. The van der Waals surface area contributed by atoms with E-state index in [1.807, 2.05) is 49.3 Å². The Kier molecular flexibility index (Phi) is 12.0. The highest BCUT2D eigenvalue weighted by Crippen LogP contribution is 2.31. The van der Waals surface area contributed by atoms with E-state index in [0.717, 1.165) is 38.4 Å². The summed E-state index contributed by atoms with van der Waals surface area (Å²) in [5.41, 5.74) is 17.1. The number of benzene rings is 4. The largest absolute Gasteiger partial charge is 0.508 e. The first-order valence-electron chi connectivity index (χ1n) is 19.1. The Bertz CT molecular complexity index is 2370. The molecular formula is C43H47N7O9. The van der Waals surface area contributed by atoms with Crippen molar-refractivity contribution in [3.05, 3.63) is 106 Å². The first kappa shape index (κ1) is 41.8. The van der Waals surface area contributed by atoms with Crippen molar-refractivity contribution in [2.45, 2.75) is 70.2 Å². The molecule has 0 aliphatic carbocycles.